The molecule has 0 amide bonds. The number of aromatic nitrogens is 1. The molecule has 0 unspecified atom stereocenters. The second-order valence-electron chi connectivity index (χ2n) is 3.61. The summed E-state index contributed by atoms with van der Waals surface area (Å²) in [6.07, 6.45) is 1.03. The average Bonchev–Trinajstić information content (AvgIpc) is 2.01. The van der Waals surface area contributed by atoms with Crippen LogP contribution in [0.1, 0.15) is 19.5 Å². The third-order valence-electron chi connectivity index (χ3n) is 1.86. The summed E-state index contributed by atoms with van der Waals surface area (Å²) in [5.74, 6) is 0. The molecular formula is C8H12BNO4. The van der Waals surface area contributed by atoms with Crippen LogP contribution in [0, 0.1) is 5.21 Å². The zero-order valence-electron chi connectivity index (χ0n) is 8.01. The van der Waals surface area contributed by atoms with Gasteiger partial charge in [-0.15, -0.1) is 0 Å². The maximum atomic E-state index is 11.3. The summed E-state index contributed by atoms with van der Waals surface area (Å²) in [6.45, 7) is 2.96. The fourth-order valence-corrected chi connectivity index (χ4v) is 1.12. The lowest BCUT2D eigenvalue weighted by atomic mass is 9.81. The number of hydrogen-bond acceptors (Lipinski definition) is 4. The molecule has 1 heterocycles. The fourth-order valence-electron chi connectivity index (χ4n) is 1.12. The third-order valence-corrected chi connectivity index (χ3v) is 1.86. The highest BCUT2D eigenvalue weighted by atomic mass is 16.5. The van der Waals surface area contributed by atoms with Gasteiger partial charge in [-0.1, -0.05) is 6.07 Å². The lowest BCUT2D eigenvalue weighted by molar-refractivity contribution is -0.621. The van der Waals surface area contributed by atoms with E-state index in [1.807, 2.05) is 0 Å². The highest BCUT2D eigenvalue weighted by Gasteiger charge is 2.26. The molecule has 0 saturated heterocycles. The van der Waals surface area contributed by atoms with Crippen molar-refractivity contribution >= 4 is 12.6 Å². The van der Waals surface area contributed by atoms with Gasteiger partial charge in [0.1, 0.15) is 5.60 Å². The molecule has 1 aromatic heterocycles. The van der Waals surface area contributed by atoms with Crippen LogP contribution in [-0.2, 0) is 5.60 Å². The molecule has 0 aromatic carbocycles. The lowest BCUT2D eigenvalue weighted by Gasteiger charge is -2.16. The molecule has 0 saturated carbocycles. The Labute approximate surface area is 82.0 Å². The Morgan fingerprint density at radius 1 is 1.36 bits per heavy atom. The quantitative estimate of drug-likeness (QED) is 0.297. The minimum atomic E-state index is -1.67. The lowest BCUT2D eigenvalue weighted by Crippen LogP contribution is -2.45. The van der Waals surface area contributed by atoms with Crippen molar-refractivity contribution < 1.29 is 19.9 Å². The van der Waals surface area contributed by atoms with Gasteiger partial charge in [-0.05, 0) is 13.8 Å². The summed E-state index contributed by atoms with van der Waals surface area (Å²) in [5.41, 5.74) is -1.00. The molecule has 3 N–H and O–H groups in total. The van der Waals surface area contributed by atoms with Gasteiger partial charge in [-0.3, -0.25) is 0 Å². The van der Waals surface area contributed by atoms with Gasteiger partial charge in [0.05, 0.1) is 0 Å². The standard InChI is InChI=1S/C8H12BNO4/c1-8(2,11)7-4-3-6(9(12)13)5-10(7)14/h3-5,11-13H,1-2H3. The molecule has 0 fully saturated rings. The molecule has 0 bridgehead atoms. The first-order chi connectivity index (χ1) is 6.32. The Kier molecular flexibility index (Phi) is 2.80. The van der Waals surface area contributed by atoms with Crippen LogP contribution in [0.2, 0.25) is 0 Å². The van der Waals surface area contributed by atoms with Crippen LogP contribution in [0.25, 0.3) is 0 Å². The predicted molar refractivity (Wildman–Crippen MR) is 50.5 cm³/mol. The van der Waals surface area contributed by atoms with E-state index in [0.29, 0.717) is 4.73 Å². The first-order valence-electron chi connectivity index (χ1n) is 4.14. The van der Waals surface area contributed by atoms with Gasteiger partial charge in [0, 0.05) is 11.5 Å². The molecule has 76 valence electrons. The van der Waals surface area contributed by atoms with Gasteiger partial charge >= 0.3 is 7.12 Å². The van der Waals surface area contributed by atoms with E-state index < -0.39 is 12.7 Å². The maximum absolute atomic E-state index is 11.3. The van der Waals surface area contributed by atoms with E-state index in [1.54, 1.807) is 0 Å². The zero-order valence-corrected chi connectivity index (χ0v) is 8.01. The monoisotopic (exact) mass is 197 g/mol. The Morgan fingerprint density at radius 3 is 2.29 bits per heavy atom. The van der Waals surface area contributed by atoms with Crippen molar-refractivity contribution in [1.82, 2.24) is 0 Å². The Bertz CT molecular complexity index is 335. The highest BCUT2D eigenvalue weighted by Crippen LogP contribution is 2.13. The van der Waals surface area contributed by atoms with Crippen LogP contribution in [-0.4, -0.2) is 22.3 Å². The molecule has 1 aromatic rings. The van der Waals surface area contributed by atoms with Gasteiger partial charge in [0.2, 0.25) is 5.69 Å². The molecule has 0 spiro atoms. The third kappa shape index (κ3) is 2.23. The van der Waals surface area contributed by atoms with Crippen LogP contribution >= 0.6 is 0 Å². The number of hydrogen-bond donors (Lipinski definition) is 3. The SMILES string of the molecule is CC(C)(O)c1ccc(B(O)O)c[n+]1[O-]. The van der Waals surface area contributed by atoms with Crippen LogP contribution in [0.4, 0.5) is 0 Å². The number of aliphatic hydroxyl groups is 1. The number of nitrogens with zero attached hydrogens (tertiary/aromatic N) is 1. The summed E-state index contributed by atoms with van der Waals surface area (Å²) in [7, 11) is -1.67. The second-order valence-corrected chi connectivity index (χ2v) is 3.61. The van der Waals surface area contributed by atoms with E-state index in [1.165, 1.54) is 26.0 Å². The van der Waals surface area contributed by atoms with E-state index in [2.05, 4.69) is 0 Å². The summed E-state index contributed by atoms with van der Waals surface area (Å²) < 4.78 is 0.425. The summed E-state index contributed by atoms with van der Waals surface area (Å²) in [4.78, 5) is 0. The van der Waals surface area contributed by atoms with Gasteiger partial charge in [0.25, 0.3) is 0 Å². The van der Waals surface area contributed by atoms with Crippen molar-refractivity contribution in [2.45, 2.75) is 19.4 Å². The van der Waals surface area contributed by atoms with Gasteiger partial charge in [-0.25, -0.2) is 0 Å². The van der Waals surface area contributed by atoms with Crippen molar-refractivity contribution in [3.8, 4) is 0 Å². The van der Waals surface area contributed by atoms with Gasteiger partial charge < -0.3 is 20.4 Å². The highest BCUT2D eigenvalue weighted by molar-refractivity contribution is 6.58. The number of rotatable bonds is 2. The smallest absolute Gasteiger partial charge is 0.494 e. The second kappa shape index (κ2) is 3.57. The molecule has 0 radical (unpaired) electrons. The van der Waals surface area contributed by atoms with Crippen LogP contribution in [0.15, 0.2) is 18.3 Å². The largest absolute Gasteiger partial charge is 0.618 e. The molecular weight excluding hydrogens is 185 g/mol. The van der Waals surface area contributed by atoms with Gasteiger partial charge in [0.15, 0.2) is 6.20 Å². The van der Waals surface area contributed by atoms with E-state index in [-0.39, 0.29) is 11.2 Å². The van der Waals surface area contributed by atoms with Crippen molar-refractivity contribution in [1.29, 1.82) is 0 Å². The first-order valence-corrected chi connectivity index (χ1v) is 4.14. The molecule has 0 aliphatic rings. The Balaban J connectivity index is 3.15. The van der Waals surface area contributed by atoms with Crippen molar-refractivity contribution in [2.24, 2.45) is 0 Å². The molecule has 5 nitrogen and oxygen atoms in total. The first kappa shape index (κ1) is 11.0. The molecule has 0 atom stereocenters. The topological polar surface area (TPSA) is 87.6 Å². The van der Waals surface area contributed by atoms with Crippen molar-refractivity contribution in [2.75, 3.05) is 0 Å². The zero-order chi connectivity index (χ0) is 10.9. The molecule has 1 rings (SSSR count). The van der Waals surface area contributed by atoms with Crippen LogP contribution in [0.3, 0.4) is 0 Å². The summed E-state index contributed by atoms with van der Waals surface area (Å²) in [6, 6.07) is 2.74. The maximum Gasteiger partial charge on any atom is 0.494 e. The Morgan fingerprint density at radius 2 is 1.93 bits per heavy atom. The molecule has 0 aliphatic carbocycles. The van der Waals surface area contributed by atoms with Gasteiger partial charge in [-0.2, -0.15) is 4.73 Å². The predicted octanol–water partition coefficient (Wildman–Crippen LogP) is -1.77. The normalized spacial score (nSPS) is 11.5. The molecule has 0 aliphatic heterocycles. The van der Waals surface area contributed by atoms with E-state index in [9.17, 15) is 10.3 Å². The van der Waals surface area contributed by atoms with E-state index in [0.717, 1.165) is 6.20 Å². The molecule has 6 heteroatoms. The average molecular weight is 197 g/mol. The number of pyridine rings is 1. The Hall–Kier alpha value is -1.11. The van der Waals surface area contributed by atoms with Crippen LogP contribution in [0.5, 0.6) is 0 Å². The minimum absolute atomic E-state index is 0.0907. The summed E-state index contributed by atoms with van der Waals surface area (Å²) in [5, 5.41) is 38.4. The van der Waals surface area contributed by atoms with Crippen molar-refractivity contribution in [3.63, 3.8) is 0 Å². The fraction of sp³-hybridized carbons (Fsp3) is 0.375. The van der Waals surface area contributed by atoms with E-state index in [4.69, 9.17) is 10.0 Å². The molecule has 14 heavy (non-hydrogen) atoms. The summed E-state index contributed by atoms with van der Waals surface area (Å²) >= 11 is 0. The van der Waals surface area contributed by atoms with Crippen LogP contribution < -0.4 is 10.2 Å². The van der Waals surface area contributed by atoms with E-state index >= 15 is 0 Å². The van der Waals surface area contributed by atoms with Crippen molar-refractivity contribution in [3.05, 3.63) is 29.2 Å². The minimum Gasteiger partial charge on any atom is -0.618 e.